The molecule has 0 aliphatic carbocycles. The summed E-state index contributed by atoms with van der Waals surface area (Å²) in [6.45, 7) is 5.55. The summed E-state index contributed by atoms with van der Waals surface area (Å²) in [7, 11) is -3.99. The van der Waals surface area contributed by atoms with Crippen molar-refractivity contribution in [3.63, 3.8) is 0 Å². The number of ether oxygens (including phenoxy) is 2. The van der Waals surface area contributed by atoms with Crippen LogP contribution in [-0.4, -0.2) is 39.5 Å². The lowest BCUT2D eigenvalue weighted by Crippen LogP contribution is -2.41. The lowest BCUT2D eigenvalue weighted by Gasteiger charge is -2.15. The van der Waals surface area contributed by atoms with E-state index in [-0.39, 0.29) is 16.5 Å². The van der Waals surface area contributed by atoms with Crippen LogP contribution in [0.4, 0.5) is 5.69 Å². The van der Waals surface area contributed by atoms with Crippen molar-refractivity contribution in [2.24, 2.45) is 0 Å². The molecule has 2 rings (SSSR count). The fraction of sp³-hybridized carbons (Fsp3) is 0.300. The first-order chi connectivity index (χ1) is 14.2. The Morgan fingerprint density at radius 1 is 1.07 bits per heavy atom. The maximum atomic E-state index is 12.6. The fourth-order valence-corrected chi connectivity index (χ4v) is 3.96. The van der Waals surface area contributed by atoms with E-state index >= 15 is 0 Å². The highest BCUT2D eigenvalue weighted by atomic mass is 35.5. The van der Waals surface area contributed by atoms with E-state index in [9.17, 15) is 18.0 Å². The summed E-state index contributed by atoms with van der Waals surface area (Å²) in [5.74, 6) is -0.666. The second kappa shape index (κ2) is 10.4. The van der Waals surface area contributed by atoms with Gasteiger partial charge in [0.15, 0.2) is 0 Å². The number of hydrogen-bond acceptors (Lipinski definition) is 6. The Balaban J connectivity index is 2.04. The van der Waals surface area contributed by atoms with Gasteiger partial charge in [-0.05, 0) is 63.2 Å². The van der Waals surface area contributed by atoms with Crippen LogP contribution in [0, 0.1) is 0 Å². The van der Waals surface area contributed by atoms with Crippen molar-refractivity contribution in [3.8, 4) is 5.75 Å². The SMILES string of the molecule is CCOC(=O)c1ccc(NC(=O)[C@@H](C)NS(=O)(=O)c2ccc(OCC)c(Cl)c2)cc1. The van der Waals surface area contributed by atoms with Crippen molar-refractivity contribution in [2.45, 2.75) is 31.7 Å². The average Bonchev–Trinajstić information content (AvgIpc) is 2.70. The Morgan fingerprint density at radius 3 is 2.30 bits per heavy atom. The monoisotopic (exact) mass is 454 g/mol. The highest BCUT2D eigenvalue weighted by Crippen LogP contribution is 2.27. The first kappa shape index (κ1) is 23.7. The smallest absolute Gasteiger partial charge is 0.338 e. The average molecular weight is 455 g/mol. The molecule has 2 aromatic carbocycles. The summed E-state index contributed by atoms with van der Waals surface area (Å²) < 4.78 is 37.6. The highest BCUT2D eigenvalue weighted by Gasteiger charge is 2.23. The quantitative estimate of drug-likeness (QED) is 0.563. The number of halogens is 1. The molecule has 0 aromatic heterocycles. The van der Waals surface area contributed by atoms with Crippen LogP contribution in [-0.2, 0) is 19.6 Å². The fourth-order valence-electron chi connectivity index (χ4n) is 2.43. The third kappa shape index (κ3) is 6.19. The minimum atomic E-state index is -3.99. The van der Waals surface area contributed by atoms with Gasteiger partial charge in [0, 0.05) is 5.69 Å². The highest BCUT2D eigenvalue weighted by molar-refractivity contribution is 7.89. The Kier molecular flexibility index (Phi) is 8.22. The Bertz CT molecular complexity index is 1010. The van der Waals surface area contributed by atoms with Gasteiger partial charge in [-0.3, -0.25) is 4.79 Å². The molecule has 0 saturated heterocycles. The summed E-state index contributed by atoms with van der Waals surface area (Å²) in [6, 6.07) is 9.05. The molecule has 2 aromatic rings. The number of rotatable bonds is 9. The van der Waals surface area contributed by atoms with E-state index in [1.165, 1.54) is 49.4 Å². The van der Waals surface area contributed by atoms with E-state index in [0.717, 1.165) is 0 Å². The molecule has 0 spiro atoms. The standard InChI is InChI=1S/C20H23ClN2O6S/c1-4-28-18-11-10-16(12-17(18)21)30(26,27)23-13(3)19(24)22-15-8-6-14(7-9-15)20(25)29-5-2/h6-13,23H,4-5H2,1-3H3,(H,22,24)/t13-/m1/s1. The summed E-state index contributed by atoms with van der Waals surface area (Å²) >= 11 is 6.05. The van der Waals surface area contributed by atoms with Gasteiger partial charge in [-0.25, -0.2) is 13.2 Å². The molecule has 0 bridgehead atoms. The summed E-state index contributed by atoms with van der Waals surface area (Å²) in [4.78, 5) is 23.9. The number of carbonyl (C=O) groups excluding carboxylic acids is 2. The number of amides is 1. The first-order valence-corrected chi connectivity index (χ1v) is 11.1. The van der Waals surface area contributed by atoms with Crippen LogP contribution in [0.15, 0.2) is 47.4 Å². The second-order valence-corrected chi connectivity index (χ2v) is 8.28. The number of esters is 1. The molecule has 0 saturated carbocycles. The Labute approximate surface area is 180 Å². The van der Waals surface area contributed by atoms with Crippen molar-refractivity contribution in [3.05, 3.63) is 53.1 Å². The van der Waals surface area contributed by atoms with Gasteiger partial charge in [0.05, 0.1) is 34.7 Å². The zero-order chi connectivity index (χ0) is 22.3. The van der Waals surface area contributed by atoms with Crippen molar-refractivity contribution < 1.29 is 27.5 Å². The summed E-state index contributed by atoms with van der Waals surface area (Å²) in [5.41, 5.74) is 0.749. The Morgan fingerprint density at radius 2 is 1.73 bits per heavy atom. The summed E-state index contributed by atoms with van der Waals surface area (Å²) in [6.07, 6.45) is 0. The molecular weight excluding hydrogens is 432 g/mol. The molecule has 0 heterocycles. The molecular formula is C20H23ClN2O6S. The lowest BCUT2D eigenvalue weighted by molar-refractivity contribution is -0.117. The third-order valence-corrected chi connectivity index (χ3v) is 5.74. The molecule has 10 heteroatoms. The van der Waals surface area contributed by atoms with E-state index in [2.05, 4.69) is 10.0 Å². The zero-order valence-electron chi connectivity index (χ0n) is 16.8. The first-order valence-electron chi connectivity index (χ1n) is 9.20. The minimum Gasteiger partial charge on any atom is -0.492 e. The van der Waals surface area contributed by atoms with Crippen LogP contribution in [0.25, 0.3) is 0 Å². The van der Waals surface area contributed by atoms with E-state index < -0.39 is 27.9 Å². The molecule has 2 N–H and O–H groups in total. The van der Waals surface area contributed by atoms with Gasteiger partial charge in [-0.1, -0.05) is 11.6 Å². The second-order valence-electron chi connectivity index (χ2n) is 6.16. The van der Waals surface area contributed by atoms with Crippen LogP contribution < -0.4 is 14.8 Å². The number of benzene rings is 2. The molecule has 0 radical (unpaired) electrons. The van der Waals surface area contributed by atoms with Crippen LogP contribution in [0.3, 0.4) is 0 Å². The molecule has 0 unspecified atom stereocenters. The Hall–Kier alpha value is -2.62. The van der Waals surface area contributed by atoms with Crippen molar-refractivity contribution in [2.75, 3.05) is 18.5 Å². The number of sulfonamides is 1. The predicted octanol–water partition coefficient (Wildman–Crippen LogP) is 3.22. The van der Waals surface area contributed by atoms with Crippen molar-refractivity contribution in [1.82, 2.24) is 4.72 Å². The van der Waals surface area contributed by atoms with Gasteiger partial charge >= 0.3 is 5.97 Å². The molecule has 0 fully saturated rings. The van der Waals surface area contributed by atoms with Gasteiger partial charge in [-0.2, -0.15) is 4.72 Å². The third-order valence-electron chi connectivity index (χ3n) is 3.90. The predicted molar refractivity (Wildman–Crippen MR) is 113 cm³/mol. The van der Waals surface area contributed by atoms with E-state index in [1.807, 2.05) is 0 Å². The van der Waals surface area contributed by atoms with Crippen molar-refractivity contribution >= 4 is 39.2 Å². The van der Waals surface area contributed by atoms with Gasteiger partial charge in [0.2, 0.25) is 15.9 Å². The maximum Gasteiger partial charge on any atom is 0.338 e. The van der Waals surface area contributed by atoms with Gasteiger partial charge in [0.25, 0.3) is 0 Å². The van der Waals surface area contributed by atoms with E-state index in [4.69, 9.17) is 21.1 Å². The topological polar surface area (TPSA) is 111 Å². The number of anilines is 1. The van der Waals surface area contributed by atoms with Crippen LogP contribution in [0.1, 0.15) is 31.1 Å². The molecule has 30 heavy (non-hydrogen) atoms. The molecule has 8 nitrogen and oxygen atoms in total. The number of hydrogen-bond donors (Lipinski definition) is 2. The lowest BCUT2D eigenvalue weighted by atomic mass is 10.2. The molecule has 0 aliphatic rings. The molecule has 1 atom stereocenters. The largest absolute Gasteiger partial charge is 0.492 e. The van der Waals surface area contributed by atoms with Crippen molar-refractivity contribution in [1.29, 1.82) is 0 Å². The normalized spacial score (nSPS) is 12.1. The molecule has 1 amide bonds. The summed E-state index contributed by atoms with van der Waals surface area (Å²) in [5, 5.41) is 2.74. The zero-order valence-corrected chi connectivity index (χ0v) is 18.3. The van der Waals surface area contributed by atoms with Gasteiger partial charge in [0.1, 0.15) is 5.75 Å². The van der Waals surface area contributed by atoms with Crippen LogP contribution >= 0.6 is 11.6 Å². The number of nitrogens with one attached hydrogen (secondary N) is 2. The molecule has 0 aliphatic heterocycles. The van der Waals surface area contributed by atoms with E-state index in [0.29, 0.717) is 23.6 Å². The van der Waals surface area contributed by atoms with Crippen LogP contribution in [0.2, 0.25) is 5.02 Å². The van der Waals surface area contributed by atoms with Gasteiger partial charge < -0.3 is 14.8 Å². The minimum absolute atomic E-state index is 0.0885. The van der Waals surface area contributed by atoms with E-state index in [1.54, 1.807) is 13.8 Å². The molecule has 162 valence electrons. The van der Waals surface area contributed by atoms with Crippen LogP contribution in [0.5, 0.6) is 5.75 Å². The van der Waals surface area contributed by atoms with Gasteiger partial charge in [-0.15, -0.1) is 0 Å². The number of carbonyl (C=O) groups is 2. The maximum absolute atomic E-state index is 12.6.